The lowest BCUT2D eigenvalue weighted by Crippen LogP contribution is -2.64. The molecule has 1 aromatic heterocycles. The van der Waals surface area contributed by atoms with E-state index in [0.717, 1.165) is 30.7 Å². The fourth-order valence-electron chi connectivity index (χ4n) is 5.36. The van der Waals surface area contributed by atoms with E-state index in [0.29, 0.717) is 43.0 Å². The lowest BCUT2D eigenvalue weighted by atomic mass is 10.0. The molecule has 3 aromatic rings. The number of fused-ring (bicyclic) bond motifs is 1. The monoisotopic (exact) mass is 976 g/mol. The van der Waals surface area contributed by atoms with Gasteiger partial charge >= 0.3 is 36.4 Å². The fraction of sp³-hybridized carbons (Fsp3) is 0.457. The maximum Gasteiger partial charge on any atom is 0.490 e. The number of nitrogens with zero attached hydrogens (tertiary/aromatic N) is 3. The Morgan fingerprint density at radius 3 is 1.83 bits per heavy atom. The average molecular weight is 978 g/mol. The number of nitrogens with one attached hydrogen (secondary N) is 3. The summed E-state index contributed by atoms with van der Waals surface area (Å²) < 4.78 is 131. The molecule has 0 radical (unpaired) electrons. The number of carboxylic acid groups (broad SMARTS) is 3. The zero-order valence-electron chi connectivity index (χ0n) is 32.9. The molecule has 3 heterocycles. The standard InChI is InChI=1S/C29H36Cl2N6O4S.3C2HF3O2/c1-19-7-8-20-5-4-6-23(27(20)34-19)41-18-21-22(30)9-10-24(26(21)31)42(39,40)35-29(2,3)28(38)37-15-13-36(14-16-37)25-17-32-11-12-33-25;3*3-2(4,5)1(6)7/h4-10,25,32-33,35H,11-18H2,1-3H3;3*(H,6,7). The first-order valence-electron chi connectivity index (χ1n) is 17.7. The van der Waals surface area contributed by atoms with Crippen molar-refractivity contribution in [3.63, 3.8) is 0 Å². The third kappa shape index (κ3) is 16.7. The van der Waals surface area contributed by atoms with Crippen LogP contribution in [0.25, 0.3) is 10.9 Å². The van der Waals surface area contributed by atoms with Crippen molar-refractivity contribution < 1.29 is 87.2 Å². The second-order valence-corrected chi connectivity index (χ2v) is 16.0. The largest absolute Gasteiger partial charge is 0.490 e. The van der Waals surface area contributed by atoms with Crippen LogP contribution in [0.4, 0.5) is 39.5 Å². The number of piperazine rings is 2. The van der Waals surface area contributed by atoms with Gasteiger partial charge in [-0.25, -0.2) is 27.8 Å². The number of aryl methyl sites for hydroxylation is 1. The smallest absolute Gasteiger partial charge is 0.487 e. The Bertz CT molecular complexity index is 2150. The van der Waals surface area contributed by atoms with E-state index in [1.54, 1.807) is 24.8 Å². The molecule has 0 saturated carbocycles. The number of halogens is 11. The Kier molecular flexibility index (Phi) is 19.2. The van der Waals surface area contributed by atoms with E-state index >= 15 is 0 Å². The summed E-state index contributed by atoms with van der Waals surface area (Å²) in [6, 6.07) is 12.2. The van der Waals surface area contributed by atoms with Crippen LogP contribution in [0.3, 0.4) is 0 Å². The van der Waals surface area contributed by atoms with Crippen molar-refractivity contribution in [3.05, 3.63) is 63.8 Å². The first-order valence-corrected chi connectivity index (χ1v) is 19.9. The maximum atomic E-state index is 13.6. The van der Waals surface area contributed by atoms with Crippen molar-refractivity contribution in [2.24, 2.45) is 0 Å². The minimum absolute atomic E-state index is 0.0650. The number of amides is 1. The number of rotatable bonds is 8. The summed E-state index contributed by atoms with van der Waals surface area (Å²) in [5.74, 6) is -8.04. The van der Waals surface area contributed by atoms with Crippen molar-refractivity contribution in [1.82, 2.24) is 30.1 Å². The number of aromatic nitrogens is 1. The summed E-state index contributed by atoms with van der Waals surface area (Å²) >= 11 is 13.1. The van der Waals surface area contributed by atoms with Gasteiger partial charge in [-0.3, -0.25) is 15.0 Å². The van der Waals surface area contributed by atoms with E-state index in [1.807, 2.05) is 31.2 Å². The van der Waals surface area contributed by atoms with Gasteiger partial charge in [0.2, 0.25) is 15.9 Å². The molecule has 5 rings (SSSR count). The summed E-state index contributed by atoms with van der Waals surface area (Å²) in [7, 11) is -4.21. The van der Waals surface area contributed by atoms with Crippen LogP contribution < -0.4 is 20.1 Å². The Balaban J connectivity index is 0.000000536. The molecule has 1 unspecified atom stereocenters. The highest BCUT2D eigenvalue weighted by molar-refractivity contribution is 7.89. The number of aliphatic carboxylic acids is 3. The van der Waals surface area contributed by atoms with Crippen LogP contribution >= 0.6 is 23.2 Å². The van der Waals surface area contributed by atoms with E-state index in [9.17, 15) is 52.7 Å². The van der Waals surface area contributed by atoms with Gasteiger partial charge in [-0.15, -0.1) is 0 Å². The average Bonchev–Trinajstić information content (AvgIpc) is 3.17. The molecule has 1 amide bonds. The summed E-state index contributed by atoms with van der Waals surface area (Å²) in [5, 5.41) is 29.3. The van der Waals surface area contributed by atoms with Gasteiger partial charge in [0.05, 0.1) is 11.2 Å². The second kappa shape index (κ2) is 22.3. The van der Waals surface area contributed by atoms with Crippen LogP contribution in [0.15, 0.2) is 47.4 Å². The molecule has 0 bridgehead atoms. The zero-order chi connectivity index (χ0) is 48.3. The molecule has 2 saturated heterocycles. The van der Waals surface area contributed by atoms with Gasteiger partial charge in [-0.1, -0.05) is 41.4 Å². The van der Waals surface area contributed by atoms with Gasteiger partial charge in [0.1, 0.15) is 28.3 Å². The van der Waals surface area contributed by atoms with Crippen molar-refractivity contribution in [3.8, 4) is 5.75 Å². The lowest BCUT2D eigenvalue weighted by Gasteiger charge is -2.42. The van der Waals surface area contributed by atoms with E-state index < -0.39 is 52.0 Å². The van der Waals surface area contributed by atoms with Crippen molar-refractivity contribution in [1.29, 1.82) is 0 Å². The Morgan fingerprint density at radius 2 is 1.35 bits per heavy atom. The van der Waals surface area contributed by atoms with Crippen LogP contribution in [-0.2, 0) is 35.8 Å². The normalized spacial score (nSPS) is 16.3. The molecule has 0 spiro atoms. The number of carbonyl (C=O) groups excluding carboxylic acids is 1. The Hall–Kier alpha value is -4.73. The summed E-state index contributed by atoms with van der Waals surface area (Å²) in [6.07, 6.45) is -15.0. The predicted molar refractivity (Wildman–Crippen MR) is 206 cm³/mol. The second-order valence-electron chi connectivity index (χ2n) is 13.5. The number of sulfonamides is 1. The van der Waals surface area contributed by atoms with E-state index in [4.69, 9.17) is 57.6 Å². The van der Waals surface area contributed by atoms with Gasteiger partial charge in [0.25, 0.3) is 0 Å². The van der Waals surface area contributed by atoms with Gasteiger partial charge in [0, 0.05) is 67.5 Å². The molecule has 16 nitrogen and oxygen atoms in total. The van der Waals surface area contributed by atoms with Crippen LogP contribution in [-0.4, -0.2) is 138 Å². The number of carboxylic acids is 3. The number of carbonyl (C=O) groups is 4. The number of benzene rings is 2. The van der Waals surface area contributed by atoms with Crippen LogP contribution in [0.5, 0.6) is 5.75 Å². The number of para-hydroxylation sites is 1. The van der Waals surface area contributed by atoms with E-state index in [-0.39, 0.29) is 33.6 Å². The number of hydrogen-bond donors (Lipinski definition) is 6. The highest BCUT2D eigenvalue weighted by Gasteiger charge is 2.41. The van der Waals surface area contributed by atoms with Crippen LogP contribution in [0.2, 0.25) is 10.0 Å². The predicted octanol–water partition coefficient (Wildman–Crippen LogP) is 5.05. The molecule has 6 N–H and O–H groups in total. The molecule has 28 heteroatoms. The zero-order valence-corrected chi connectivity index (χ0v) is 35.2. The Labute approximate surface area is 362 Å². The molecule has 2 aliphatic rings. The molecule has 2 fully saturated rings. The third-order valence-corrected chi connectivity index (χ3v) is 10.9. The quantitative estimate of drug-likeness (QED) is 0.163. The first-order chi connectivity index (χ1) is 28.8. The lowest BCUT2D eigenvalue weighted by molar-refractivity contribution is -0.193. The topological polar surface area (TPSA) is 228 Å². The van der Waals surface area contributed by atoms with Crippen LogP contribution in [0.1, 0.15) is 25.1 Å². The van der Waals surface area contributed by atoms with Crippen molar-refractivity contribution in [2.45, 2.75) is 62.5 Å². The molecule has 352 valence electrons. The number of pyridine rings is 1. The first kappa shape index (κ1) is 54.4. The molecular weight excluding hydrogens is 938 g/mol. The summed E-state index contributed by atoms with van der Waals surface area (Å²) in [4.78, 5) is 48.6. The summed E-state index contributed by atoms with van der Waals surface area (Å²) in [5.41, 5.74) is 0.434. The number of hydrogen-bond acceptors (Lipinski definition) is 11. The van der Waals surface area contributed by atoms with E-state index in [1.165, 1.54) is 12.1 Å². The number of alkyl halides is 9. The molecule has 0 aliphatic carbocycles. The molecular formula is C35H39Cl2F9N6O10S. The fourth-order valence-corrected chi connectivity index (χ4v) is 7.62. The van der Waals surface area contributed by atoms with Gasteiger partial charge < -0.3 is 30.3 Å². The number of ether oxygens (including phenoxy) is 1. The van der Waals surface area contributed by atoms with Gasteiger partial charge in [0.15, 0.2) is 0 Å². The minimum Gasteiger partial charge on any atom is -0.487 e. The van der Waals surface area contributed by atoms with E-state index in [2.05, 4.69) is 25.2 Å². The van der Waals surface area contributed by atoms with Crippen LogP contribution in [0, 0.1) is 6.92 Å². The minimum atomic E-state index is -5.08. The van der Waals surface area contributed by atoms with Gasteiger partial charge in [-0.2, -0.15) is 44.2 Å². The van der Waals surface area contributed by atoms with Gasteiger partial charge in [-0.05, 0) is 45.0 Å². The molecule has 63 heavy (non-hydrogen) atoms. The van der Waals surface area contributed by atoms with Crippen molar-refractivity contribution in [2.75, 3.05) is 45.8 Å². The maximum absolute atomic E-state index is 13.6. The summed E-state index contributed by atoms with van der Waals surface area (Å²) in [6.45, 7) is 10.1. The molecule has 1 atom stereocenters. The Morgan fingerprint density at radius 1 is 0.825 bits per heavy atom. The molecule has 2 aliphatic heterocycles. The van der Waals surface area contributed by atoms with Crippen molar-refractivity contribution >= 4 is 67.9 Å². The highest BCUT2D eigenvalue weighted by Crippen LogP contribution is 2.34. The highest BCUT2D eigenvalue weighted by atomic mass is 35.5. The SMILES string of the molecule is Cc1ccc2cccc(OCc3c(Cl)ccc(S(=O)(=O)NC(C)(C)C(=O)N4CCN(C5CNCCN5)CC4)c3Cl)c2n1.O=C(O)C(F)(F)F.O=C(O)C(F)(F)F.O=C(O)C(F)(F)F. The third-order valence-electron chi connectivity index (χ3n) is 8.35. The molecule has 2 aromatic carbocycles.